The van der Waals surface area contributed by atoms with Crippen LogP contribution < -0.4 is 11.1 Å². The van der Waals surface area contributed by atoms with Crippen molar-refractivity contribution in [3.8, 4) is 0 Å². The van der Waals surface area contributed by atoms with Crippen molar-refractivity contribution < 1.29 is 14.7 Å². The van der Waals surface area contributed by atoms with Gasteiger partial charge in [0.15, 0.2) is 0 Å². The Morgan fingerprint density at radius 1 is 0.600 bits per heavy atom. The molecule has 0 aliphatic carbocycles. The van der Waals surface area contributed by atoms with Gasteiger partial charge in [-0.05, 0) is 25.8 Å². The van der Waals surface area contributed by atoms with Crippen LogP contribution in [0.5, 0.6) is 0 Å². The fraction of sp³-hybridized carbons (Fsp3) is 0.933. The van der Waals surface area contributed by atoms with Crippen LogP contribution in [0.25, 0.3) is 0 Å². The Labute approximate surface area is 217 Å². The molecule has 0 aromatic rings. The molecular formula is C30H60N2O3. The van der Waals surface area contributed by atoms with Crippen LogP contribution in [0.4, 0.5) is 0 Å². The van der Waals surface area contributed by atoms with Crippen LogP contribution in [-0.4, -0.2) is 29.6 Å². The van der Waals surface area contributed by atoms with E-state index < -0.39 is 12.0 Å². The van der Waals surface area contributed by atoms with Crippen molar-refractivity contribution >= 4 is 11.9 Å². The number of carbonyl (C=O) groups is 2. The maximum Gasteiger partial charge on any atom is 0.326 e. The average molecular weight is 497 g/mol. The number of carboxylic acids is 1. The van der Waals surface area contributed by atoms with Gasteiger partial charge in [-0.2, -0.15) is 0 Å². The highest BCUT2D eigenvalue weighted by Crippen LogP contribution is 2.15. The lowest BCUT2D eigenvalue weighted by molar-refractivity contribution is -0.142. The summed E-state index contributed by atoms with van der Waals surface area (Å²) in [5.41, 5.74) is 5.42. The molecule has 0 saturated heterocycles. The molecule has 0 rings (SSSR count). The van der Waals surface area contributed by atoms with Gasteiger partial charge in [-0.25, -0.2) is 4.79 Å². The summed E-state index contributed by atoms with van der Waals surface area (Å²) in [5, 5.41) is 11.8. The molecule has 0 unspecified atom stereocenters. The average Bonchev–Trinajstić information content (AvgIpc) is 2.84. The lowest BCUT2D eigenvalue weighted by Gasteiger charge is -2.13. The third-order valence-corrected chi connectivity index (χ3v) is 7.09. The Morgan fingerprint density at radius 3 is 1.26 bits per heavy atom. The van der Waals surface area contributed by atoms with E-state index in [-0.39, 0.29) is 5.91 Å². The fourth-order valence-electron chi connectivity index (χ4n) is 4.74. The topological polar surface area (TPSA) is 92.4 Å². The molecule has 0 aromatic heterocycles. The number of hydrogen-bond acceptors (Lipinski definition) is 3. The van der Waals surface area contributed by atoms with Crippen molar-refractivity contribution in [1.29, 1.82) is 0 Å². The number of aliphatic carboxylic acids is 1. The molecule has 0 saturated carbocycles. The molecule has 0 aromatic carbocycles. The van der Waals surface area contributed by atoms with Gasteiger partial charge in [-0.3, -0.25) is 4.79 Å². The molecule has 0 radical (unpaired) electrons. The van der Waals surface area contributed by atoms with E-state index in [1.54, 1.807) is 0 Å². The highest BCUT2D eigenvalue weighted by molar-refractivity contribution is 5.83. The van der Waals surface area contributed by atoms with Crippen molar-refractivity contribution in [2.75, 3.05) is 6.54 Å². The second-order valence-electron chi connectivity index (χ2n) is 10.6. The molecule has 0 aliphatic heterocycles. The third kappa shape index (κ3) is 25.8. The molecule has 5 nitrogen and oxygen atoms in total. The van der Waals surface area contributed by atoms with E-state index in [9.17, 15) is 9.59 Å². The van der Waals surface area contributed by atoms with Gasteiger partial charge in [0.2, 0.25) is 5.91 Å². The number of hydrogen-bond donors (Lipinski definition) is 3. The minimum Gasteiger partial charge on any atom is -0.480 e. The zero-order valence-electron chi connectivity index (χ0n) is 23.3. The minimum atomic E-state index is -0.971. The SMILES string of the molecule is CCCCCCCCCCCCCCCCCCCCCCCCC(=O)N[C@@H](CCCN)C(=O)O. The fourth-order valence-corrected chi connectivity index (χ4v) is 4.74. The summed E-state index contributed by atoms with van der Waals surface area (Å²) >= 11 is 0. The van der Waals surface area contributed by atoms with Crippen LogP contribution in [0.15, 0.2) is 0 Å². The summed E-state index contributed by atoms with van der Waals surface area (Å²) in [7, 11) is 0. The van der Waals surface area contributed by atoms with E-state index in [1.807, 2.05) is 0 Å². The molecule has 0 aliphatic rings. The third-order valence-electron chi connectivity index (χ3n) is 7.09. The zero-order valence-corrected chi connectivity index (χ0v) is 23.3. The summed E-state index contributed by atoms with van der Waals surface area (Å²) < 4.78 is 0. The highest BCUT2D eigenvalue weighted by Gasteiger charge is 2.18. The first-order valence-electron chi connectivity index (χ1n) is 15.3. The quantitative estimate of drug-likeness (QED) is 0.0950. The molecule has 4 N–H and O–H groups in total. The van der Waals surface area contributed by atoms with Gasteiger partial charge in [-0.1, -0.05) is 142 Å². The number of rotatable bonds is 28. The highest BCUT2D eigenvalue weighted by atomic mass is 16.4. The molecule has 5 heteroatoms. The van der Waals surface area contributed by atoms with Gasteiger partial charge in [0.25, 0.3) is 0 Å². The lowest BCUT2D eigenvalue weighted by Crippen LogP contribution is -2.40. The van der Waals surface area contributed by atoms with E-state index in [0.29, 0.717) is 25.8 Å². The van der Waals surface area contributed by atoms with Crippen LogP contribution in [0.3, 0.4) is 0 Å². The summed E-state index contributed by atoms with van der Waals surface area (Å²) in [4.78, 5) is 23.1. The molecule has 1 atom stereocenters. The van der Waals surface area contributed by atoms with E-state index in [4.69, 9.17) is 10.8 Å². The number of nitrogens with two attached hydrogens (primary N) is 1. The minimum absolute atomic E-state index is 0.150. The lowest BCUT2D eigenvalue weighted by atomic mass is 10.0. The van der Waals surface area contributed by atoms with E-state index in [2.05, 4.69) is 12.2 Å². The number of unbranched alkanes of at least 4 members (excludes halogenated alkanes) is 21. The van der Waals surface area contributed by atoms with E-state index in [1.165, 1.54) is 128 Å². The predicted octanol–water partition coefficient (Wildman–Crippen LogP) is 8.29. The number of carbonyl (C=O) groups excluding carboxylic acids is 1. The number of nitrogens with one attached hydrogen (secondary N) is 1. The van der Waals surface area contributed by atoms with Crippen molar-refractivity contribution in [2.45, 2.75) is 173 Å². The van der Waals surface area contributed by atoms with Gasteiger partial charge in [0, 0.05) is 6.42 Å². The first-order valence-corrected chi connectivity index (χ1v) is 15.3. The Kier molecular flexibility index (Phi) is 26.6. The van der Waals surface area contributed by atoms with Crippen LogP contribution in [0.1, 0.15) is 167 Å². The normalized spacial score (nSPS) is 12.1. The van der Waals surface area contributed by atoms with E-state index in [0.717, 1.165) is 12.8 Å². The van der Waals surface area contributed by atoms with Gasteiger partial charge < -0.3 is 16.2 Å². The van der Waals surface area contributed by atoms with Gasteiger partial charge in [0.05, 0.1) is 0 Å². The van der Waals surface area contributed by atoms with E-state index >= 15 is 0 Å². The Balaban J connectivity index is 3.27. The van der Waals surface area contributed by atoms with Crippen LogP contribution in [-0.2, 0) is 9.59 Å². The second kappa shape index (κ2) is 27.5. The Morgan fingerprint density at radius 2 is 0.943 bits per heavy atom. The van der Waals surface area contributed by atoms with Crippen molar-refractivity contribution in [3.05, 3.63) is 0 Å². The summed E-state index contributed by atoms with van der Waals surface area (Å²) in [6.45, 7) is 2.73. The monoisotopic (exact) mass is 496 g/mol. The first kappa shape index (κ1) is 33.9. The van der Waals surface area contributed by atoms with Gasteiger partial charge in [-0.15, -0.1) is 0 Å². The molecule has 0 bridgehead atoms. The Bertz CT molecular complexity index is 471. The largest absolute Gasteiger partial charge is 0.480 e. The summed E-state index contributed by atoms with van der Waals surface area (Å²) in [5.74, 6) is -1.12. The molecule has 35 heavy (non-hydrogen) atoms. The molecule has 0 spiro atoms. The smallest absolute Gasteiger partial charge is 0.326 e. The Hall–Kier alpha value is -1.10. The van der Waals surface area contributed by atoms with Crippen LogP contribution in [0.2, 0.25) is 0 Å². The number of carboxylic acid groups (broad SMARTS) is 1. The van der Waals surface area contributed by atoms with Gasteiger partial charge in [0.1, 0.15) is 6.04 Å². The predicted molar refractivity (Wildman–Crippen MR) is 150 cm³/mol. The standard InChI is InChI=1S/C30H60N2O3/c1-2-3-4-5-6-7-8-9-10-11-12-13-14-15-16-17-18-19-20-21-22-23-26-29(33)32-28(30(34)35)25-24-27-31/h28H,2-27,31H2,1H3,(H,32,33)(H,34,35)/t28-/m0/s1. The van der Waals surface area contributed by atoms with Gasteiger partial charge >= 0.3 is 5.97 Å². The molecule has 0 heterocycles. The molecular weight excluding hydrogens is 436 g/mol. The summed E-state index contributed by atoms with van der Waals surface area (Å²) in [6.07, 6.45) is 31.1. The van der Waals surface area contributed by atoms with Crippen molar-refractivity contribution in [1.82, 2.24) is 5.32 Å². The van der Waals surface area contributed by atoms with Crippen LogP contribution >= 0.6 is 0 Å². The molecule has 208 valence electrons. The van der Waals surface area contributed by atoms with Crippen molar-refractivity contribution in [3.63, 3.8) is 0 Å². The maximum absolute atomic E-state index is 11.9. The molecule has 1 amide bonds. The second-order valence-corrected chi connectivity index (χ2v) is 10.6. The van der Waals surface area contributed by atoms with Crippen molar-refractivity contribution in [2.24, 2.45) is 5.73 Å². The maximum atomic E-state index is 11.9. The van der Waals surface area contributed by atoms with Crippen LogP contribution in [0, 0.1) is 0 Å². The first-order chi connectivity index (χ1) is 17.1. The zero-order chi connectivity index (χ0) is 25.8. The summed E-state index contributed by atoms with van der Waals surface area (Å²) in [6, 6.07) is -0.800. The molecule has 0 fully saturated rings. The number of amides is 1.